The molecule has 0 aliphatic heterocycles. The Labute approximate surface area is 173 Å². The maximum absolute atomic E-state index is 12.4. The minimum absolute atomic E-state index is 0.344. The molecule has 2 aromatic rings. The van der Waals surface area contributed by atoms with E-state index in [-0.39, 0.29) is 0 Å². The van der Waals surface area contributed by atoms with Crippen molar-refractivity contribution in [3.05, 3.63) is 46.8 Å². The Morgan fingerprint density at radius 1 is 1.17 bits per heavy atom. The van der Waals surface area contributed by atoms with E-state index in [2.05, 4.69) is 15.8 Å². The fourth-order valence-electron chi connectivity index (χ4n) is 2.36. The first-order chi connectivity index (χ1) is 13.6. The maximum Gasteiger partial charge on any atom is 0.339 e. The van der Waals surface area contributed by atoms with Crippen molar-refractivity contribution in [2.45, 2.75) is 50.8 Å². The van der Waals surface area contributed by atoms with Crippen LogP contribution in [0, 0.1) is 13.8 Å². The number of urea groups is 1. The normalized spacial score (nSPS) is 11.1. The Balaban J connectivity index is 1.94. The summed E-state index contributed by atoms with van der Waals surface area (Å²) in [5.41, 5.74) is 1.64. The third-order valence-corrected chi connectivity index (χ3v) is 4.84. The van der Waals surface area contributed by atoms with Gasteiger partial charge >= 0.3 is 12.0 Å². The lowest BCUT2D eigenvalue weighted by Crippen LogP contribution is -2.49. The van der Waals surface area contributed by atoms with Crippen molar-refractivity contribution in [2.24, 2.45) is 0 Å². The number of hydrogen-bond donors (Lipinski definition) is 2. The highest BCUT2D eigenvalue weighted by Crippen LogP contribution is 2.29. The first-order valence-electron chi connectivity index (χ1n) is 8.99. The van der Waals surface area contributed by atoms with Crippen LogP contribution in [0.5, 0.6) is 0 Å². The van der Waals surface area contributed by atoms with E-state index in [1.54, 1.807) is 39.0 Å². The summed E-state index contributed by atoms with van der Waals surface area (Å²) < 4.78 is 10.2. The second kappa shape index (κ2) is 9.60. The van der Waals surface area contributed by atoms with Crippen molar-refractivity contribution >= 4 is 29.7 Å². The van der Waals surface area contributed by atoms with Gasteiger partial charge in [-0.25, -0.2) is 9.59 Å². The van der Waals surface area contributed by atoms with Gasteiger partial charge in [-0.15, -0.1) is 11.8 Å². The first kappa shape index (κ1) is 22.5. The molecule has 0 saturated heterocycles. The SMILES string of the molecule is Cc1noc(C)c1CSc1ccccc1C(=O)OCC(=O)NC(=O)NC(C)(C)C. The van der Waals surface area contributed by atoms with Gasteiger partial charge in [0.25, 0.3) is 5.91 Å². The Morgan fingerprint density at radius 2 is 1.86 bits per heavy atom. The van der Waals surface area contributed by atoms with Gasteiger partial charge in [0.15, 0.2) is 6.61 Å². The van der Waals surface area contributed by atoms with Crippen LogP contribution >= 0.6 is 11.8 Å². The molecule has 3 amide bonds. The highest BCUT2D eigenvalue weighted by molar-refractivity contribution is 7.98. The number of carbonyl (C=O) groups excluding carboxylic acids is 3. The van der Waals surface area contributed by atoms with Crippen LogP contribution in [0.3, 0.4) is 0 Å². The summed E-state index contributed by atoms with van der Waals surface area (Å²) in [7, 11) is 0. The number of benzene rings is 1. The molecule has 156 valence electrons. The van der Waals surface area contributed by atoms with Crippen molar-refractivity contribution in [3.63, 3.8) is 0 Å². The Morgan fingerprint density at radius 3 is 2.48 bits per heavy atom. The number of rotatable bonds is 6. The number of amides is 3. The van der Waals surface area contributed by atoms with E-state index in [0.29, 0.717) is 16.2 Å². The van der Waals surface area contributed by atoms with Crippen LogP contribution in [0.1, 0.15) is 48.1 Å². The first-order valence-corrected chi connectivity index (χ1v) is 9.98. The number of nitrogens with one attached hydrogen (secondary N) is 2. The van der Waals surface area contributed by atoms with E-state index < -0.39 is 30.1 Å². The largest absolute Gasteiger partial charge is 0.452 e. The molecule has 2 N–H and O–H groups in total. The quantitative estimate of drug-likeness (QED) is 0.545. The highest BCUT2D eigenvalue weighted by atomic mass is 32.2. The minimum atomic E-state index is -0.707. The van der Waals surface area contributed by atoms with Gasteiger partial charge in [-0.3, -0.25) is 10.1 Å². The molecule has 1 aromatic heterocycles. The number of carbonyl (C=O) groups is 3. The average Bonchev–Trinajstić information content (AvgIpc) is 2.94. The van der Waals surface area contributed by atoms with Crippen molar-refractivity contribution in [1.82, 2.24) is 15.8 Å². The van der Waals surface area contributed by atoms with Crippen molar-refractivity contribution < 1.29 is 23.6 Å². The van der Waals surface area contributed by atoms with Crippen LogP contribution < -0.4 is 10.6 Å². The number of aromatic nitrogens is 1. The van der Waals surface area contributed by atoms with Crippen LogP contribution in [0.25, 0.3) is 0 Å². The van der Waals surface area contributed by atoms with Gasteiger partial charge in [-0.2, -0.15) is 0 Å². The molecule has 0 radical (unpaired) electrons. The molecule has 1 heterocycles. The van der Waals surface area contributed by atoms with E-state index >= 15 is 0 Å². The second-order valence-corrected chi connectivity index (χ2v) is 8.43. The summed E-state index contributed by atoms with van der Waals surface area (Å²) in [5.74, 6) is -0.0293. The Kier molecular flexibility index (Phi) is 7.44. The molecule has 29 heavy (non-hydrogen) atoms. The van der Waals surface area contributed by atoms with Crippen LogP contribution in [0.15, 0.2) is 33.7 Å². The van der Waals surface area contributed by atoms with Gasteiger partial charge in [0.1, 0.15) is 5.76 Å². The molecular formula is C20H25N3O5S. The van der Waals surface area contributed by atoms with E-state index in [0.717, 1.165) is 17.0 Å². The summed E-state index contributed by atoms with van der Waals surface area (Å²) in [4.78, 5) is 36.7. The fourth-order valence-corrected chi connectivity index (χ4v) is 3.56. The lowest BCUT2D eigenvalue weighted by Gasteiger charge is -2.20. The van der Waals surface area contributed by atoms with Crippen LogP contribution in [-0.4, -0.2) is 35.2 Å². The van der Waals surface area contributed by atoms with Crippen molar-refractivity contribution in [1.29, 1.82) is 0 Å². The molecule has 2 rings (SSSR count). The molecule has 0 fully saturated rings. The Hall–Kier alpha value is -2.81. The van der Waals surface area contributed by atoms with Crippen molar-refractivity contribution in [3.8, 4) is 0 Å². The second-order valence-electron chi connectivity index (χ2n) is 7.42. The third kappa shape index (κ3) is 6.94. The molecule has 0 spiro atoms. The summed E-state index contributed by atoms with van der Waals surface area (Å²) in [5, 5.41) is 8.64. The molecule has 0 unspecified atom stereocenters. The van der Waals surface area contributed by atoms with Gasteiger partial charge in [-0.05, 0) is 46.8 Å². The zero-order valence-corrected chi connectivity index (χ0v) is 17.9. The summed E-state index contributed by atoms with van der Waals surface area (Å²) in [6.45, 7) is 8.50. The van der Waals surface area contributed by atoms with Crippen LogP contribution in [-0.2, 0) is 15.3 Å². The fraction of sp³-hybridized carbons (Fsp3) is 0.400. The van der Waals surface area contributed by atoms with Crippen LogP contribution in [0.4, 0.5) is 4.79 Å². The molecular weight excluding hydrogens is 394 g/mol. The van der Waals surface area contributed by atoms with Gasteiger partial charge in [0.05, 0.1) is 11.3 Å². The lowest BCUT2D eigenvalue weighted by atomic mass is 10.1. The average molecular weight is 420 g/mol. The third-order valence-electron chi connectivity index (χ3n) is 3.74. The standard InChI is InChI=1S/C20H25N3O5S/c1-12-15(13(2)28-23-12)11-29-16-9-7-6-8-14(16)18(25)27-10-17(24)21-19(26)22-20(3,4)5/h6-9H,10-11H2,1-5H3,(H2,21,22,24,26). The number of esters is 1. The van der Waals surface area contributed by atoms with E-state index in [9.17, 15) is 14.4 Å². The van der Waals surface area contributed by atoms with E-state index in [1.165, 1.54) is 11.8 Å². The number of nitrogens with zero attached hydrogens (tertiary/aromatic N) is 1. The minimum Gasteiger partial charge on any atom is -0.452 e. The van der Waals surface area contributed by atoms with E-state index in [1.807, 2.05) is 19.9 Å². The molecule has 9 heteroatoms. The monoisotopic (exact) mass is 419 g/mol. The molecule has 8 nitrogen and oxygen atoms in total. The number of hydrogen-bond acceptors (Lipinski definition) is 7. The maximum atomic E-state index is 12.4. The summed E-state index contributed by atoms with van der Waals surface area (Å²) in [6.07, 6.45) is 0. The summed E-state index contributed by atoms with van der Waals surface area (Å²) >= 11 is 1.45. The smallest absolute Gasteiger partial charge is 0.339 e. The van der Waals surface area contributed by atoms with Gasteiger partial charge in [0.2, 0.25) is 0 Å². The topological polar surface area (TPSA) is 111 Å². The number of ether oxygens (including phenoxy) is 1. The Bertz CT molecular complexity index is 882. The van der Waals surface area contributed by atoms with Crippen LogP contribution in [0.2, 0.25) is 0 Å². The number of aryl methyl sites for hydroxylation is 2. The zero-order chi connectivity index (χ0) is 21.6. The lowest BCUT2D eigenvalue weighted by molar-refractivity contribution is -0.123. The number of imide groups is 1. The molecule has 0 aliphatic rings. The van der Waals surface area contributed by atoms with Gasteiger partial charge in [-0.1, -0.05) is 17.3 Å². The molecule has 0 saturated carbocycles. The molecule has 1 aromatic carbocycles. The van der Waals surface area contributed by atoms with E-state index in [4.69, 9.17) is 9.26 Å². The highest BCUT2D eigenvalue weighted by Gasteiger charge is 2.19. The van der Waals surface area contributed by atoms with Crippen molar-refractivity contribution in [2.75, 3.05) is 6.61 Å². The summed E-state index contributed by atoms with van der Waals surface area (Å²) in [6, 6.07) is 6.32. The number of thioether (sulfide) groups is 1. The van der Waals surface area contributed by atoms with Gasteiger partial charge in [0, 0.05) is 21.8 Å². The molecule has 0 aliphatic carbocycles. The van der Waals surface area contributed by atoms with Gasteiger partial charge < -0.3 is 14.6 Å². The predicted octanol–water partition coefficient (Wildman–Crippen LogP) is 3.36. The predicted molar refractivity (Wildman–Crippen MR) is 109 cm³/mol. The molecule has 0 atom stereocenters. The zero-order valence-electron chi connectivity index (χ0n) is 17.1. The molecule has 0 bridgehead atoms.